The van der Waals surface area contributed by atoms with Gasteiger partial charge in [-0.25, -0.2) is 0 Å². The number of rotatable bonds is 2. The maximum atomic E-state index is 11.3. The largest absolute Gasteiger partial charge is 0.354 e. The molecular formula is C16H30N2O. The number of hydrogen-bond donors (Lipinski definition) is 2. The fourth-order valence-corrected chi connectivity index (χ4v) is 3.39. The molecule has 3 heteroatoms. The lowest BCUT2D eigenvalue weighted by atomic mass is 9.97. The third kappa shape index (κ3) is 5.94. The topological polar surface area (TPSA) is 41.1 Å². The van der Waals surface area contributed by atoms with E-state index < -0.39 is 0 Å². The van der Waals surface area contributed by atoms with Crippen LogP contribution in [0.5, 0.6) is 0 Å². The van der Waals surface area contributed by atoms with Crippen molar-refractivity contribution in [2.75, 3.05) is 6.54 Å². The fourth-order valence-electron chi connectivity index (χ4n) is 3.39. The fraction of sp³-hybridized carbons (Fsp3) is 0.938. The molecule has 1 saturated carbocycles. The van der Waals surface area contributed by atoms with Crippen molar-refractivity contribution < 1.29 is 4.79 Å². The summed E-state index contributed by atoms with van der Waals surface area (Å²) in [5.41, 5.74) is 0. The van der Waals surface area contributed by atoms with Gasteiger partial charge in [0.1, 0.15) is 0 Å². The first kappa shape index (κ1) is 14.8. The van der Waals surface area contributed by atoms with Crippen molar-refractivity contribution in [1.82, 2.24) is 10.6 Å². The van der Waals surface area contributed by atoms with Crippen LogP contribution in [0.2, 0.25) is 0 Å². The molecule has 110 valence electrons. The first-order valence-corrected chi connectivity index (χ1v) is 8.37. The minimum Gasteiger partial charge on any atom is -0.354 e. The Hall–Kier alpha value is -0.570. The molecule has 1 amide bonds. The number of carbonyl (C=O) groups excluding carboxylic acids is 1. The van der Waals surface area contributed by atoms with E-state index in [0.29, 0.717) is 18.5 Å². The quantitative estimate of drug-likeness (QED) is 0.806. The predicted octanol–water partition coefficient (Wildman–Crippen LogP) is 3.14. The molecule has 1 atom stereocenters. The zero-order valence-electron chi connectivity index (χ0n) is 12.3. The predicted molar refractivity (Wildman–Crippen MR) is 79.1 cm³/mol. The second kappa shape index (κ2) is 8.57. The molecule has 0 aromatic carbocycles. The standard InChI is InChI=1S/C16H30N2O/c19-16-12-15(13-17-16)18-14-10-8-6-4-2-1-3-5-7-9-11-14/h14-15,18H,1-13H2,(H,17,19). The average Bonchev–Trinajstić information content (AvgIpc) is 2.78. The van der Waals surface area contributed by atoms with Gasteiger partial charge < -0.3 is 10.6 Å². The van der Waals surface area contributed by atoms with Crippen molar-refractivity contribution in [3.05, 3.63) is 0 Å². The summed E-state index contributed by atoms with van der Waals surface area (Å²) in [6.07, 6.45) is 15.9. The van der Waals surface area contributed by atoms with Crippen LogP contribution in [0.1, 0.15) is 77.0 Å². The lowest BCUT2D eigenvalue weighted by Gasteiger charge is -2.22. The maximum Gasteiger partial charge on any atom is 0.221 e. The van der Waals surface area contributed by atoms with E-state index in [-0.39, 0.29) is 5.91 Å². The Balaban J connectivity index is 1.72. The van der Waals surface area contributed by atoms with E-state index in [1.165, 1.54) is 70.6 Å². The van der Waals surface area contributed by atoms with Crippen molar-refractivity contribution in [3.8, 4) is 0 Å². The maximum absolute atomic E-state index is 11.3. The molecule has 3 nitrogen and oxygen atoms in total. The van der Waals surface area contributed by atoms with Crippen LogP contribution in [0.4, 0.5) is 0 Å². The molecule has 2 aliphatic rings. The van der Waals surface area contributed by atoms with Crippen molar-refractivity contribution in [2.24, 2.45) is 0 Å². The monoisotopic (exact) mass is 266 g/mol. The molecule has 1 heterocycles. The molecule has 0 bridgehead atoms. The number of carbonyl (C=O) groups is 1. The first-order valence-electron chi connectivity index (χ1n) is 8.37. The van der Waals surface area contributed by atoms with Gasteiger partial charge in [-0.3, -0.25) is 4.79 Å². The molecule has 1 saturated heterocycles. The minimum absolute atomic E-state index is 0.214. The zero-order chi connectivity index (χ0) is 13.3. The van der Waals surface area contributed by atoms with Crippen molar-refractivity contribution >= 4 is 5.91 Å². The second-order valence-electron chi connectivity index (χ2n) is 6.33. The van der Waals surface area contributed by atoms with E-state index >= 15 is 0 Å². The van der Waals surface area contributed by atoms with Gasteiger partial charge in [-0.1, -0.05) is 57.8 Å². The minimum atomic E-state index is 0.214. The summed E-state index contributed by atoms with van der Waals surface area (Å²) in [6.45, 7) is 0.829. The van der Waals surface area contributed by atoms with E-state index in [2.05, 4.69) is 10.6 Å². The number of nitrogens with one attached hydrogen (secondary N) is 2. The van der Waals surface area contributed by atoms with Crippen LogP contribution in [0.25, 0.3) is 0 Å². The van der Waals surface area contributed by atoms with E-state index in [1.807, 2.05) is 0 Å². The van der Waals surface area contributed by atoms with Crippen LogP contribution >= 0.6 is 0 Å². The van der Waals surface area contributed by atoms with Crippen LogP contribution < -0.4 is 10.6 Å². The van der Waals surface area contributed by atoms with Gasteiger partial charge in [0.25, 0.3) is 0 Å². The highest BCUT2D eigenvalue weighted by molar-refractivity contribution is 5.78. The highest BCUT2D eigenvalue weighted by Crippen LogP contribution is 2.17. The van der Waals surface area contributed by atoms with Gasteiger partial charge >= 0.3 is 0 Å². The van der Waals surface area contributed by atoms with Crippen LogP contribution in [-0.4, -0.2) is 24.5 Å². The van der Waals surface area contributed by atoms with Gasteiger partial charge in [0.05, 0.1) is 0 Å². The summed E-state index contributed by atoms with van der Waals surface area (Å²) in [5.74, 6) is 0.214. The Kier molecular flexibility index (Phi) is 6.69. The number of amides is 1. The van der Waals surface area contributed by atoms with E-state index in [9.17, 15) is 4.79 Å². The first-order chi connectivity index (χ1) is 9.34. The number of hydrogen-bond acceptors (Lipinski definition) is 2. The molecule has 0 radical (unpaired) electrons. The van der Waals surface area contributed by atoms with Gasteiger partial charge in [0.15, 0.2) is 0 Å². The highest BCUT2D eigenvalue weighted by Gasteiger charge is 2.23. The lowest BCUT2D eigenvalue weighted by molar-refractivity contribution is -0.119. The summed E-state index contributed by atoms with van der Waals surface area (Å²) in [5, 5.41) is 6.64. The van der Waals surface area contributed by atoms with Gasteiger partial charge in [-0.05, 0) is 12.8 Å². The van der Waals surface area contributed by atoms with Crippen LogP contribution in [0.15, 0.2) is 0 Å². The van der Waals surface area contributed by atoms with Crippen LogP contribution in [0.3, 0.4) is 0 Å². The molecule has 0 spiro atoms. The molecule has 1 unspecified atom stereocenters. The van der Waals surface area contributed by atoms with Crippen molar-refractivity contribution in [1.29, 1.82) is 0 Å². The molecule has 2 fully saturated rings. The van der Waals surface area contributed by atoms with Gasteiger partial charge in [-0.15, -0.1) is 0 Å². The summed E-state index contributed by atoms with van der Waals surface area (Å²) >= 11 is 0. The Morgan fingerprint density at radius 1 is 0.789 bits per heavy atom. The molecule has 19 heavy (non-hydrogen) atoms. The van der Waals surface area contributed by atoms with E-state index in [0.717, 1.165) is 6.54 Å². The van der Waals surface area contributed by atoms with Gasteiger partial charge in [0, 0.05) is 25.0 Å². The van der Waals surface area contributed by atoms with Crippen molar-refractivity contribution in [2.45, 2.75) is 89.1 Å². The molecule has 1 aliphatic carbocycles. The van der Waals surface area contributed by atoms with Crippen molar-refractivity contribution in [3.63, 3.8) is 0 Å². The summed E-state index contributed by atoms with van der Waals surface area (Å²) in [6, 6.07) is 1.02. The molecule has 1 aliphatic heterocycles. The third-order valence-electron chi connectivity index (χ3n) is 4.55. The molecule has 2 N–H and O–H groups in total. The second-order valence-corrected chi connectivity index (χ2v) is 6.33. The SMILES string of the molecule is O=C1CC(NC2CCCCCCCCCCC2)CN1. The molecular weight excluding hydrogens is 236 g/mol. The summed E-state index contributed by atoms with van der Waals surface area (Å²) in [7, 11) is 0. The summed E-state index contributed by atoms with van der Waals surface area (Å²) < 4.78 is 0. The average molecular weight is 266 g/mol. The Morgan fingerprint density at radius 3 is 1.79 bits per heavy atom. The lowest BCUT2D eigenvalue weighted by Crippen LogP contribution is -2.39. The van der Waals surface area contributed by atoms with E-state index in [1.54, 1.807) is 0 Å². The third-order valence-corrected chi connectivity index (χ3v) is 4.55. The zero-order valence-corrected chi connectivity index (χ0v) is 12.3. The van der Waals surface area contributed by atoms with Gasteiger partial charge in [-0.2, -0.15) is 0 Å². The highest BCUT2D eigenvalue weighted by atomic mass is 16.1. The van der Waals surface area contributed by atoms with Gasteiger partial charge in [0.2, 0.25) is 5.91 Å². The van der Waals surface area contributed by atoms with E-state index in [4.69, 9.17) is 0 Å². The van der Waals surface area contributed by atoms with Crippen LogP contribution in [-0.2, 0) is 4.79 Å². The normalized spacial score (nSPS) is 28.4. The summed E-state index contributed by atoms with van der Waals surface area (Å²) in [4.78, 5) is 11.3. The Labute approximate surface area is 117 Å². The molecule has 0 aromatic heterocycles. The Bertz CT molecular complexity index is 255. The Morgan fingerprint density at radius 2 is 1.32 bits per heavy atom. The molecule has 2 rings (SSSR count). The smallest absolute Gasteiger partial charge is 0.221 e. The van der Waals surface area contributed by atoms with Crippen LogP contribution in [0, 0.1) is 0 Å². The molecule has 0 aromatic rings.